The third kappa shape index (κ3) is 6.04. The monoisotopic (exact) mass is 461 g/mol. The van der Waals surface area contributed by atoms with Crippen LogP contribution in [0.25, 0.3) is 0 Å². The fourth-order valence-electron chi connectivity index (χ4n) is 2.15. The Hall–Kier alpha value is -2.39. The number of anilines is 1. The van der Waals surface area contributed by atoms with Gasteiger partial charge in [-0.1, -0.05) is 49.2 Å². The number of nitrogens with zero attached hydrogens (tertiary/aromatic N) is 1. The first-order chi connectivity index (χ1) is 13.1. The standard InChI is InChI=1S/C18H17Cl2N3O5.ClH/c1-9(2)16(21)18(25)28-15-8-14(23(26)27)12(20)7-10(15)17(24)22-13-6-4-3-5-11(13)19;/h3-9,16H,21H2,1-2H3,(H,22,24);1H/t16-;/m0./s1. The first kappa shape index (κ1) is 24.6. The zero-order valence-electron chi connectivity index (χ0n) is 15.3. The summed E-state index contributed by atoms with van der Waals surface area (Å²) < 4.78 is 5.18. The molecule has 8 nitrogen and oxygen atoms in total. The minimum Gasteiger partial charge on any atom is -0.424 e. The van der Waals surface area contributed by atoms with Gasteiger partial charge in [0.05, 0.1) is 27.3 Å². The SMILES string of the molecule is CC(C)[C@H](N)C(=O)Oc1cc([N+](=O)[O-])c(Cl)cc1C(=O)Nc1ccccc1Cl.Cl. The predicted octanol–water partition coefficient (Wildman–Crippen LogP) is 4.46. The lowest BCUT2D eigenvalue weighted by molar-refractivity contribution is -0.384. The van der Waals surface area contributed by atoms with E-state index in [0.29, 0.717) is 5.69 Å². The van der Waals surface area contributed by atoms with Gasteiger partial charge in [0.1, 0.15) is 11.1 Å². The van der Waals surface area contributed by atoms with E-state index in [1.54, 1.807) is 38.1 Å². The van der Waals surface area contributed by atoms with Gasteiger partial charge in [-0.3, -0.25) is 14.9 Å². The van der Waals surface area contributed by atoms with Crippen molar-refractivity contribution < 1.29 is 19.2 Å². The van der Waals surface area contributed by atoms with E-state index in [1.807, 2.05) is 0 Å². The molecule has 0 aliphatic carbocycles. The van der Waals surface area contributed by atoms with Crippen LogP contribution in [-0.2, 0) is 4.79 Å². The second-order valence-electron chi connectivity index (χ2n) is 6.18. The Bertz CT molecular complexity index is 937. The number of benzene rings is 2. The Morgan fingerprint density at radius 3 is 2.34 bits per heavy atom. The Balaban J connectivity index is 0.00000420. The molecule has 0 aromatic heterocycles. The van der Waals surface area contributed by atoms with Crippen molar-refractivity contribution in [3.63, 3.8) is 0 Å². The van der Waals surface area contributed by atoms with Crippen molar-refractivity contribution in [2.24, 2.45) is 11.7 Å². The number of nitrogens with one attached hydrogen (secondary N) is 1. The zero-order valence-corrected chi connectivity index (χ0v) is 17.7. The van der Waals surface area contributed by atoms with Crippen molar-refractivity contribution in [2.75, 3.05) is 5.32 Å². The number of halogens is 3. The van der Waals surface area contributed by atoms with Crippen LogP contribution >= 0.6 is 35.6 Å². The molecule has 1 amide bonds. The molecule has 2 aromatic rings. The number of amides is 1. The molecule has 0 spiro atoms. The number of hydrogen-bond acceptors (Lipinski definition) is 6. The Morgan fingerprint density at radius 1 is 1.17 bits per heavy atom. The first-order valence-electron chi connectivity index (χ1n) is 8.13. The number of rotatable bonds is 6. The van der Waals surface area contributed by atoms with Gasteiger partial charge in [-0.2, -0.15) is 0 Å². The number of carbonyl (C=O) groups excluding carboxylic acids is 2. The topological polar surface area (TPSA) is 125 Å². The maximum absolute atomic E-state index is 12.7. The third-order valence-corrected chi connectivity index (χ3v) is 4.45. The molecule has 0 aliphatic rings. The molecule has 29 heavy (non-hydrogen) atoms. The van der Waals surface area contributed by atoms with Crippen molar-refractivity contribution in [2.45, 2.75) is 19.9 Å². The van der Waals surface area contributed by atoms with Crippen LogP contribution in [0.5, 0.6) is 5.75 Å². The molecule has 156 valence electrons. The molecule has 0 saturated carbocycles. The van der Waals surface area contributed by atoms with Gasteiger partial charge in [-0.05, 0) is 24.1 Å². The van der Waals surface area contributed by atoms with Crippen molar-refractivity contribution >= 4 is 58.9 Å². The average molecular weight is 463 g/mol. The highest BCUT2D eigenvalue weighted by Gasteiger charge is 2.26. The molecule has 0 fully saturated rings. The number of para-hydroxylation sites is 1. The fourth-order valence-corrected chi connectivity index (χ4v) is 2.56. The fraction of sp³-hybridized carbons (Fsp3) is 0.222. The molecular weight excluding hydrogens is 445 g/mol. The van der Waals surface area contributed by atoms with E-state index in [4.69, 9.17) is 33.7 Å². The summed E-state index contributed by atoms with van der Waals surface area (Å²) in [5.74, 6) is -2.12. The van der Waals surface area contributed by atoms with Gasteiger partial charge in [-0.15, -0.1) is 12.4 Å². The van der Waals surface area contributed by atoms with E-state index in [9.17, 15) is 19.7 Å². The van der Waals surface area contributed by atoms with Crippen molar-refractivity contribution in [3.05, 3.63) is 62.1 Å². The minimum atomic E-state index is -0.978. The number of carbonyl (C=O) groups is 2. The second kappa shape index (κ2) is 10.4. The van der Waals surface area contributed by atoms with Crippen LogP contribution in [0.2, 0.25) is 10.0 Å². The highest BCUT2D eigenvalue weighted by molar-refractivity contribution is 6.34. The van der Waals surface area contributed by atoms with Crippen LogP contribution in [-0.4, -0.2) is 22.8 Å². The molecule has 2 rings (SSSR count). The maximum Gasteiger partial charge on any atom is 0.328 e. The molecule has 0 radical (unpaired) electrons. The molecule has 2 aromatic carbocycles. The summed E-state index contributed by atoms with van der Waals surface area (Å²) in [5, 5.41) is 13.7. The summed E-state index contributed by atoms with van der Waals surface area (Å²) in [7, 11) is 0. The molecule has 1 atom stereocenters. The van der Waals surface area contributed by atoms with Crippen LogP contribution in [0, 0.1) is 16.0 Å². The molecule has 11 heteroatoms. The van der Waals surface area contributed by atoms with Crippen LogP contribution in [0.15, 0.2) is 36.4 Å². The molecule has 0 bridgehead atoms. The summed E-state index contributed by atoms with van der Waals surface area (Å²) in [6.45, 7) is 3.42. The number of nitrogens with two attached hydrogens (primary N) is 1. The number of nitro benzene ring substituents is 1. The molecule has 0 aliphatic heterocycles. The van der Waals surface area contributed by atoms with E-state index in [-0.39, 0.29) is 39.7 Å². The maximum atomic E-state index is 12.7. The number of esters is 1. The lowest BCUT2D eigenvalue weighted by Crippen LogP contribution is -2.39. The summed E-state index contributed by atoms with van der Waals surface area (Å²) in [6.07, 6.45) is 0. The van der Waals surface area contributed by atoms with Gasteiger partial charge < -0.3 is 15.8 Å². The Labute approximate surface area is 182 Å². The molecule has 0 heterocycles. The summed E-state index contributed by atoms with van der Waals surface area (Å²) in [6, 6.07) is 7.46. The summed E-state index contributed by atoms with van der Waals surface area (Å²) in [5.41, 5.74) is 5.36. The van der Waals surface area contributed by atoms with Crippen molar-refractivity contribution in [1.29, 1.82) is 0 Å². The number of nitro groups is 1. The van der Waals surface area contributed by atoms with E-state index in [1.165, 1.54) is 0 Å². The van der Waals surface area contributed by atoms with Crippen molar-refractivity contribution in [3.8, 4) is 5.75 Å². The van der Waals surface area contributed by atoms with E-state index >= 15 is 0 Å². The van der Waals surface area contributed by atoms with Gasteiger partial charge in [0.25, 0.3) is 11.6 Å². The van der Waals surface area contributed by atoms with Gasteiger partial charge >= 0.3 is 5.97 Å². The van der Waals surface area contributed by atoms with E-state index in [0.717, 1.165) is 12.1 Å². The highest BCUT2D eigenvalue weighted by Crippen LogP contribution is 2.34. The number of ether oxygens (including phenoxy) is 1. The minimum absolute atomic E-state index is 0. The first-order valence-corrected chi connectivity index (χ1v) is 8.88. The van der Waals surface area contributed by atoms with Gasteiger partial charge in [0.15, 0.2) is 5.75 Å². The highest BCUT2D eigenvalue weighted by atomic mass is 35.5. The normalized spacial score (nSPS) is 11.4. The van der Waals surface area contributed by atoms with Gasteiger partial charge in [-0.25, -0.2) is 4.79 Å². The van der Waals surface area contributed by atoms with Crippen molar-refractivity contribution in [1.82, 2.24) is 0 Å². The zero-order chi connectivity index (χ0) is 21.0. The van der Waals surface area contributed by atoms with Crippen LogP contribution in [0.1, 0.15) is 24.2 Å². The smallest absolute Gasteiger partial charge is 0.328 e. The molecule has 3 N–H and O–H groups in total. The van der Waals surface area contributed by atoms with Crippen LogP contribution in [0.3, 0.4) is 0 Å². The third-order valence-electron chi connectivity index (χ3n) is 3.81. The summed E-state index contributed by atoms with van der Waals surface area (Å²) >= 11 is 11.9. The Kier molecular flexibility index (Phi) is 8.84. The Morgan fingerprint density at radius 2 is 1.79 bits per heavy atom. The van der Waals surface area contributed by atoms with Crippen LogP contribution < -0.4 is 15.8 Å². The van der Waals surface area contributed by atoms with E-state index in [2.05, 4.69) is 5.32 Å². The molecule has 0 saturated heterocycles. The van der Waals surface area contributed by atoms with Gasteiger partial charge in [0, 0.05) is 0 Å². The molecular formula is C18H18Cl3N3O5. The van der Waals surface area contributed by atoms with E-state index < -0.39 is 28.5 Å². The second-order valence-corrected chi connectivity index (χ2v) is 7.00. The largest absolute Gasteiger partial charge is 0.424 e. The summed E-state index contributed by atoms with van der Waals surface area (Å²) in [4.78, 5) is 35.3. The lowest BCUT2D eigenvalue weighted by Gasteiger charge is -2.16. The van der Waals surface area contributed by atoms with Crippen LogP contribution in [0.4, 0.5) is 11.4 Å². The average Bonchev–Trinajstić information content (AvgIpc) is 2.63. The molecule has 0 unspecified atom stereocenters. The quantitative estimate of drug-likeness (QED) is 0.282. The predicted molar refractivity (Wildman–Crippen MR) is 113 cm³/mol. The lowest BCUT2D eigenvalue weighted by atomic mass is 10.1. The number of hydrogen-bond donors (Lipinski definition) is 2. The van der Waals surface area contributed by atoms with Gasteiger partial charge in [0.2, 0.25) is 0 Å².